The van der Waals surface area contributed by atoms with Gasteiger partial charge in [-0.15, -0.1) is 0 Å². The molecule has 1 atom stereocenters. The first-order valence-corrected chi connectivity index (χ1v) is 10.2. The zero-order valence-electron chi connectivity index (χ0n) is 17.2. The molecule has 2 heterocycles. The molecule has 0 aliphatic carbocycles. The molecule has 0 aromatic heterocycles. The molecule has 1 saturated heterocycles. The molecule has 0 saturated carbocycles. The van der Waals surface area contributed by atoms with Crippen LogP contribution in [0.25, 0.3) is 0 Å². The van der Waals surface area contributed by atoms with E-state index in [0.29, 0.717) is 13.0 Å². The van der Waals surface area contributed by atoms with Gasteiger partial charge >= 0.3 is 0 Å². The van der Waals surface area contributed by atoms with Crippen LogP contribution in [0.5, 0.6) is 5.75 Å². The van der Waals surface area contributed by atoms with Crippen LogP contribution in [0, 0.1) is 0 Å². The van der Waals surface area contributed by atoms with Gasteiger partial charge in [-0.25, -0.2) is 0 Å². The van der Waals surface area contributed by atoms with Gasteiger partial charge in [0.2, 0.25) is 5.91 Å². The summed E-state index contributed by atoms with van der Waals surface area (Å²) in [6.45, 7) is 5.14. The van der Waals surface area contributed by atoms with Crippen LogP contribution in [0.2, 0.25) is 0 Å². The SMILES string of the molecule is CN(C)c1ccc2c(c1)NC(=O)CC2c1ccc(OCCN2CCOCC2)cc1. The summed E-state index contributed by atoms with van der Waals surface area (Å²) in [6.07, 6.45) is 0.464. The Kier molecular flexibility index (Phi) is 6.02. The minimum absolute atomic E-state index is 0.0595. The molecule has 1 N–H and O–H groups in total. The van der Waals surface area contributed by atoms with Gasteiger partial charge in [-0.1, -0.05) is 18.2 Å². The van der Waals surface area contributed by atoms with Crippen molar-refractivity contribution < 1.29 is 14.3 Å². The predicted molar refractivity (Wildman–Crippen MR) is 115 cm³/mol. The van der Waals surface area contributed by atoms with Crippen molar-refractivity contribution in [3.63, 3.8) is 0 Å². The van der Waals surface area contributed by atoms with Gasteiger partial charge in [-0.2, -0.15) is 0 Å². The van der Waals surface area contributed by atoms with E-state index >= 15 is 0 Å². The second kappa shape index (κ2) is 8.84. The Bertz CT molecular complexity index is 845. The number of morpholine rings is 1. The lowest BCUT2D eigenvalue weighted by Crippen LogP contribution is -2.38. The third-order valence-electron chi connectivity index (χ3n) is 5.65. The van der Waals surface area contributed by atoms with Crippen molar-refractivity contribution >= 4 is 17.3 Å². The first kappa shape index (κ1) is 19.7. The van der Waals surface area contributed by atoms with E-state index in [1.807, 2.05) is 37.2 Å². The fourth-order valence-corrected chi connectivity index (χ4v) is 3.94. The van der Waals surface area contributed by atoms with E-state index in [-0.39, 0.29) is 11.8 Å². The van der Waals surface area contributed by atoms with E-state index in [4.69, 9.17) is 9.47 Å². The normalized spacial score (nSPS) is 19.4. The summed E-state index contributed by atoms with van der Waals surface area (Å²) in [6, 6.07) is 14.5. The van der Waals surface area contributed by atoms with Gasteiger partial charge in [0.05, 0.1) is 13.2 Å². The van der Waals surface area contributed by atoms with Crippen LogP contribution >= 0.6 is 0 Å². The van der Waals surface area contributed by atoms with Crippen molar-refractivity contribution in [2.24, 2.45) is 0 Å². The second-order valence-corrected chi connectivity index (χ2v) is 7.84. The first-order valence-electron chi connectivity index (χ1n) is 10.2. The zero-order chi connectivity index (χ0) is 20.2. The standard InChI is InChI=1S/C23H29N3O3/c1-25(2)18-5-8-20-21(16-23(27)24-22(20)15-18)17-3-6-19(7-4-17)29-14-11-26-9-12-28-13-10-26/h3-8,15,21H,9-14,16H2,1-2H3,(H,24,27). The maximum Gasteiger partial charge on any atom is 0.225 e. The second-order valence-electron chi connectivity index (χ2n) is 7.84. The van der Waals surface area contributed by atoms with Gasteiger partial charge in [-0.3, -0.25) is 9.69 Å². The number of fused-ring (bicyclic) bond motifs is 1. The summed E-state index contributed by atoms with van der Waals surface area (Å²) in [5.41, 5.74) is 4.28. The number of nitrogens with one attached hydrogen (secondary N) is 1. The number of nitrogens with zero attached hydrogens (tertiary/aromatic N) is 2. The van der Waals surface area contributed by atoms with Gasteiger partial charge in [-0.05, 0) is 35.4 Å². The number of carbonyl (C=O) groups excluding carboxylic acids is 1. The molecule has 1 unspecified atom stereocenters. The number of rotatable bonds is 6. The molecule has 6 nitrogen and oxygen atoms in total. The quantitative estimate of drug-likeness (QED) is 0.815. The highest BCUT2D eigenvalue weighted by Crippen LogP contribution is 2.39. The molecule has 0 spiro atoms. The molecular formula is C23H29N3O3. The zero-order valence-corrected chi connectivity index (χ0v) is 17.2. The van der Waals surface area contributed by atoms with E-state index in [9.17, 15) is 4.79 Å². The molecule has 2 aromatic rings. The van der Waals surface area contributed by atoms with Crippen LogP contribution < -0.4 is 15.0 Å². The fourth-order valence-electron chi connectivity index (χ4n) is 3.94. The smallest absolute Gasteiger partial charge is 0.225 e. The largest absolute Gasteiger partial charge is 0.492 e. The number of amides is 1. The molecule has 6 heteroatoms. The van der Waals surface area contributed by atoms with Crippen LogP contribution in [-0.2, 0) is 9.53 Å². The molecule has 0 bridgehead atoms. The van der Waals surface area contributed by atoms with Gasteiger partial charge in [0.1, 0.15) is 12.4 Å². The number of ether oxygens (including phenoxy) is 2. The molecule has 1 fully saturated rings. The molecular weight excluding hydrogens is 366 g/mol. The Hall–Kier alpha value is -2.57. The van der Waals surface area contributed by atoms with Crippen molar-refractivity contribution in [2.45, 2.75) is 12.3 Å². The van der Waals surface area contributed by atoms with Crippen molar-refractivity contribution in [3.8, 4) is 5.75 Å². The van der Waals surface area contributed by atoms with Crippen LogP contribution in [0.15, 0.2) is 42.5 Å². The summed E-state index contributed by atoms with van der Waals surface area (Å²) < 4.78 is 11.3. The molecule has 0 radical (unpaired) electrons. The summed E-state index contributed by atoms with van der Waals surface area (Å²) in [4.78, 5) is 16.7. The lowest BCUT2D eigenvalue weighted by molar-refractivity contribution is -0.116. The van der Waals surface area contributed by atoms with Gasteiger partial charge < -0.3 is 19.7 Å². The van der Waals surface area contributed by atoms with Gasteiger partial charge in [0.15, 0.2) is 0 Å². The van der Waals surface area contributed by atoms with Crippen LogP contribution in [0.3, 0.4) is 0 Å². The average molecular weight is 396 g/mol. The summed E-state index contributed by atoms with van der Waals surface area (Å²) in [5.74, 6) is 0.993. The maximum atomic E-state index is 12.3. The van der Waals surface area contributed by atoms with E-state index in [2.05, 4.69) is 34.5 Å². The number of anilines is 2. The van der Waals surface area contributed by atoms with E-state index < -0.39 is 0 Å². The topological polar surface area (TPSA) is 54.0 Å². The monoisotopic (exact) mass is 395 g/mol. The van der Waals surface area contributed by atoms with E-state index in [1.54, 1.807) is 0 Å². The Labute approximate surface area is 172 Å². The third kappa shape index (κ3) is 4.71. The summed E-state index contributed by atoms with van der Waals surface area (Å²) >= 11 is 0. The number of carbonyl (C=O) groups is 1. The van der Waals surface area contributed by atoms with E-state index in [0.717, 1.165) is 61.1 Å². The van der Waals surface area contributed by atoms with Gasteiger partial charge in [0.25, 0.3) is 0 Å². The van der Waals surface area contributed by atoms with Crippen LogP contribution in [0.1, 0.15) is 23.5 Å². The number of benzene rings is 2. The minimum Gasteiger partial charge on any atom is -0.492 e. The number of hydrogen-bond acceptors (Lipinski definition) is 5. The molecule has 2 aliphatic heterocycles. The van der Waals surface area contributed by atoms with Crippen LogP contribution in [-0.4, -0.2) is 64.4 Å². The summed E-state index contributed by atoms with van der Waals surface area (Å²) in [7, 11) is 4.00. The van der Waals surface area contributed by atoms with Crippen molar-refractivity contribution in [3.05, 3.63) is 53.6 Å². The third-order valence-corrected chi connectivity index (χ3v) is 5.65. The lowest BCUT2D eigenvalue weighted by Gasteiger charge is -2.28. The Balaban J connectivity index is 1.43. The summed E-state index contributed by atoms with van der Waals surface area (Å²) in [5, 5.41) is 3.02. The van der Waals surface area contributed by atoms with E-state index in [1.165, 1.54) is 0 Å². The van der Waals surface area contributed by atoms with Crippen molar-refractivity contribution in [1.29, 1.82) is 0 Å². The molecule has 29 heavy (non-hydrogen) atoms. The highest BCUT2D eigenvalue weighted by Gasteiger charge is 2.26. The minimum atomic E-state index is 0.0595. The molecule has 154 valence electrons. The molecule has 4 rings (SSSR count). The predicted octanol–water partition coefficient (Wildman–Crippen LogP) is 2.94. The molecule has 1 amide bonds. The number of hydrogen-bond donors (Lipinski definition) is 1. The Morgan fingerprint density at radius 3 is 2.62 bits per heavy atom. The van der Waals surface area contributed by atoms with Crippen molar-refractivity contribution in [1.82, 2.24) is 4.90 Å². The first-order chi connectivity index (χ1) is 14.1. The average Bonchev–Trinajstić information content (AvgIpc) is 2.74. The highest BCUT2D eigenvalue weighted by atomic mass is 16.5. The molecule has 2 aromatic carbocycles. The fraction of sp³-hybridized carbons (Fsp3) is 0.435. The molecule has 2 aliphatic rings. The Morgan fingerprint density at radius 1 is 1.14 bits per heavy atom. The van der Waals surface area contributed by atoms with Crippen LogP contribution in [0.4, 0.5) is 11.4 Å². The van der Waals surface area contributed by atoms with Gasteiger partial charge in [0, 0.05) is 57.4 Å². The maximum absolute atomic E-state index is 12.3. The highest BCUT2D eigenvalue weighted by molar-refractivity contribution is 5.96. The Morgan fingerprint density at radius 2 is 1.90 bits per heavy atom. The lowest BCUT2D eigenvalue weighted by atomic mass is 9.84. The van der Waals surface area contributed by atoms with Crippen molar-refractivity contribution in [2.75, 3.05) is 63.8 Å².